The number of nitrogens with zero attached hydrogens (tertiary/aromatic N) is 1. The van der Waals surface area contributed by atoms with Crippen LogP contribution in [0.25, 0.3) is 0 Å². The first-order chi connectivity index (χ1) is 10.3. The summed E-state index contributed by atoms with van der Waals surface area (Å²) in [6.07, 6.45) is 0. The van der Waals surface area contributed by atoms with Gasteiger partial charge < -0.3 is 5.11 Å². The molecule has 0 aliphatic rings. The molecule has 0 saturated heterocycles. The molecule has 22 heavy (non-hydrogen) atoms. The summed E-state index contributed by atoms with van der Waals surface area (Å²) in [6.45, 7) is 13.5. The molecule has 2 aromatic rings. The van der Waals surface area contributed by atoms with E-state index in [2.05, 4.69) is 34.6 Å². The van der Waals surface area contributed by atoms with E-state index in [4.69, 9.17) is 4.99 Å². The number of phenolic OH excluding ortho intramolecular Hbond substituents is 1. The minimum Gasteiger partial charge on any atom is -0.507 e. The van der Waals surface area contributed by atoms with Crippen LogP contribution in [0, 0.1) is 34.6 Å². The van der Waals surface area contributed by atoms with E-state index in [1.54, 1.807) is 6.07 Å². The van der Waals surface area contributed by atoms with Crippen molar-refractivity contribution in [3.05, 3.63) is 63.2 Å². The Morgan fingerprint density at radius 3 is 1.91 bits per heavy atom. The lowest BCUT2D eigenvalue weighted by Crippen LogP contribution is -2.04. The van der Waals surface area contributed by atoms with Crippen LogP contribution in [-0.2, 0) is 6.54 Å². The predicted octanol–water partition coefficient (Wildman–Crippen LogP) is 4.94. The van der Waals surface area contributed by atoms with Crippen molar-refractivity contribution >= 4 is 5.71 Å². The van der Waals surface area contributed by atoms with E-state index in [9.17, 15) is 5.11 Å². The van der Waals surface area contributed by atoms with Crippen LogP contribution in [0.2, 0.25) is 0 Å². The molecule has 0 heterocycles. The molecule has 0 aromatic heterocycles. The Labute approximate surface area is 133 Å². The number of hydrogen-bond acceptors (Lipinski definition) is 2. The van der Waals surface area contributed by atoms with E-state index in [-0.39, 0.29) is 5.75 Å². The monoisotopic (exact) mass is 295 g/mol. The summed E-state index contributed by atoms with van der Waals surface area (Å²) < 4.78 is 0. The molecule has 0 radical (unpaired) electrons. The lowest BCUT2D eigenvalue weighted by molar-refractivity contribution is 0.474. The third-order valence-corrected chi connectivity index (χ3v) is 4.92. The smallest absolute Gasteiger partial charge is 0.124 e. The van der Waals surface area contributed by atoms with Crippen LogP contribution in [0.5, 0.6) is 5.75 Å². The van der Waals surface area contributed by atoms with Gasteiger partial charge >= 0.3 is 0 Å². The zero-order chi connectivity index (χ0) is 16.4. The fourth-order valence-corrected chi connectivity index (χ4v) is 2.88. The highest BCUT2D eigenvalue weighted by atomic mass is 16.3. The molecule has 116 valence electrons. The Balaban J connectivity index is 2.40. The van der Waals surface area contributed by atoms with Gasteiger partial charge in [-0.1, -0.05) is 12.1 Å². The molecular formula is C20H25NO. The normalized spacial score (nSPS) is 11.8. The topological polar surface area (TPSA) is 32.6 Å². The van der Waals surface area contributed by atoms with Crippen LogP contribution in [0.3, 0.4) is 0 Å². The van der Waals surface area contributed by atoms with Gasteiger partial charge in [0, 0.05) is 11.3 Å². The Morgan fingerprint density at radius 1 is 0.864 bits per heavy atom. The Morgan fingerprint density at radius 2 is 1.36 bits per heavy atom. The molecule has 0 amide bonds. The third kappa shape index (κ3) is 2.92. The lowest BCUT2D eigenvalue weighted by Gasteiger charge is -2.17. The van der Waals surface area contributed by atoms with Crippen LogP contribution in [-0.4, -0.2) is 10.8 Å². The fraction of sp³-hybridized carbons (Fsp3) is 0.350. The molecule has 0 spiro atoms. The zero-order valence-corrected chi connectivity index (χ0v) is 14.4. The number of para-hydroxylation sites is 1. The van der Waals surface area contributed by atoms with Crippen LogP contribution in [0.15, 0.2) is 29.3 Å². The standard InChI is InChI=1S/C20H25NO/c1-12-13(2)15(4)19(16(5)14(12)3)11-21-17(6)18-9-7-8-10-20(18)22/h7-10,22H,11H2,1-6H3. The number of hydrogen-bond donors (Lipinski definition) is 1. The second-order valence-electron chi connectivity index (χ2n) is 6.02. The summed E-state index contributed by atoms with van der Waals surface area (Å²) in [6, 6.07) is 7.35. The van der Waals surface area contributed by atoms with E-state index in [1.165, 1.54) is 33.4 Å². The summed E-state index contributed by atoms with van der Waals surface area (Å²) in [4.78, 5) is 4.72. The number of benzene rings is 2. The molecule has 1 N–H and O–H groups in total. The largest absolute Gasteiger partial charge is 0.507 e. The molecule has 0 unspecified atom stereocenters. The second kappa shape index (κ2) is 6.35. The van der Waals surface area contributed by atoms with Crippen LogP contribution < -0.4 is 0 Å². The van der Waals surface area contributed by atoms with Gasteiger partial charge in [0.15, 0.2) is 0 Å². The van der Waals surface area contributed by atoms with Gasteiger partial charge in [0.25, 0.3) is 0 Å². The number of phenols is 1. The molecule has 2 aromatic carbocycles. The second-order valence-corrected chi connectivity index (χ2v) is 6.02. The van der Waals surface area contributed by atoms with Crippen molar-refractivity contribution in [1.82, 2.24) is 0 Å². The molecule has 0 atom stereocenters. The van der Waals surface area contributed by atoms with Gasteiger partial charge in [-0.2, -0.15) is 0 Å². The van der Waals surface area contributed by atoms with Crippen LogP contribution in [0.1, 0.15) is 45.9 Å². The first-order valence-electron chi connectivity index (χ1n) is 7.69. The van der Waals surface area contributed by atoms with E-state index in [1.807, 2.05) is 25.1 Å². The first-order valence-corrected chi connectivity index (χ1v) is 7.69. The van der Waals surface area contributed by atoms with E-state index in [0.717, 1.165) is 11.3 Å². The van der Waals surface area contributed by atoms with Crippen LogP contribution in [0.4, 0.5) is 0 Å². The van der Waals surface area contributed by atoms with Crippen molar-refractivity contribution < 1.29 is 5.11 Å². The van der Waals surface area contributed by atoms with E-state index < -0.39 is 0 Å². The van der Waals surface area contributed by atoms with Crippen molar-refractivity contribution in [2.75, 3.05) is 0 Å². The van der Waals surface area contributed by atoms with E-state index >= 15 is 0 Å². The van der Waals surface area contributed by atoms with Gasteiger partial charge in [0.2, 0.25) is 0 Å². The number of aliphatic imine (C=N–C) groups is 1. The minimum absolute atomic E-state index is 0.286. The fourth-order valence-electron chi connectivity index (χ4n) is 2.88. The van der Waals surface area contributed by atoms with Gasteiger partial charge in [-0.25, -0.2) is 0 Å². The zero-order valence-electron chi connectivity index (χ0n) is 14.4. The molecule has 0 fully saturated rings. The molecule has 2 rings (SSSR count). The average Bonchev–Trinajstić information content (AvgIpc) is 2.51. The highest BCUT2D eigenvalue weighted by Gasteiger charge is 2.12. The van der Waals surface area contributed by atoms with Gasteiger partial charge in [-0.05, 0) is 87.1 Å². The van der Waals surface area contributed by atoms with Crippen molar-refractivity contribution in [3.63, 3.8) is 0 Å². The van der Waals surface area contributed by atoms with Crippen LogP contribution >= 0.6 is 0 Å². The summed E-state index contributed by atoms with van der Waals surface area (Å²) >= 11 is 0. The van der Waals surface area contributed by atoms with Crippen molar-refractivity contribution in [3.8, 4) is 5.75 Å². The maximum absolute atomic E-state index is 9.93. The first kappa shape index (κ1) is 16.3. The van der Waals surface area contributed by atoms with Crippen molar-refractivity contribution in [2.45, 2.75) is 48.1 Å². The van der Waals surface area contributed by atoms with Gasteiger partial charge in [0.1, 0.15) is 5.75 Å². The maximum Gasteiger partial charge on any atom is 0.124 e. The summed E-state index contributed by atoms with van der Waals surface area (Å²) in [5.74, 6) is 0.286. The van der Waals surface area contributed by atoms with Crippen molar-refractivity contribution in [2.24, 2.45) is 4.99 Å². The van der Waals surface area contributed by atoms with Crippen molar-refractivity contribution in [1.29, 1.82) is 0 Å². The number of rotatable bonds is 3. The Bertz CT molecular complexity index is 713. The van der Waals surface area contributed by atoms with Gasteiger partial charge in [0.05, 0.1) is 6.54 Å². The summed E-state index contributed by atoms with van der Waals surface area (Å²) in [5, 5.41) is 9.93. The van der Waals surface area contributed by atoms with Gasteiger partial charge in [-0.15, -0.1) is 0 Å². The molecular weight excluding hydrogens is 270 g/mol. The maximum atomic E-state index is 9.93. The average molecular weight is 295 g/mol. The number of aromatic hydroxyl groups is 1. The quantitative estimate of drug-likeness (QED) is 0.799. The third-order valence-electron chi connectivity index (χ3n) is 4.92. The Kier molecular flexibility index (Phi) is 4.70. The molecule has 0 bridgehead atoms. The Hall–Kier alpha value is -2.09. The molecule has 0 saturated carbocycles. The lowest BCUT2D eigenvalue weighted by atomic mass is 9.89. The highest BCUT2D eigenvalue weighted by molar-refractivity contribution is 6.00. The summed E-state index contributed by atoms with van der Waals surface area (Å²) in [7, 11) is 0. The molecule has 0 aliphatic carbocycles. The minimum atomic E-state index is 0.286. The molecule has 2 heteroatoms. The highest BCUT2D eigenvalue weighted by Crippen LogP contribution is 2.27. The molecule has 2 nitrogen and oxygen atoms in total. The SMILES string of the molecule is CC(=NCc1c(C)c(C)c(C)c(C)c1C)c1ccccc1O. The predicted molar refractivity (Wildman–Crippen MR) is 94.1 cm³/mol. The summed E-state index contributed by atoms with van der Waals surface area (Å²) in [5.41, 5.74) is 9.72. The molecule has 0 aliphatic heterocycles. The van der Waals surface area contributed by atoms with E-state index in [0.29, 0.717) is 6.54 Å². The van der Waals surface area contributed by atoms with Gasteiger partial charge in [-0.3, -0.25) is 4.99 Å².